The van der Waals surface area contributed by atoms with Crippen molar-refractivity contribution >= 4 is 5.91 Å². The molecule has 152 valence electrons. The molecule has 2 rings (SSSR count). The Kier molecular flexibility index (Phi) is 8.46. The topological polar surface area (TPSA) is 66.0 Å². The molecule has 0 aliphatic rings. The number of rotatable bonds is 11. The van der Waals surface area contributed by atoms with Gasteiger partial charge in [-0.25, -0.2) is 0 Å². The van der Waals surface area contributed by atoms with Crippen LogP contribution in [0.5, 0.6) is 23.0 Å². The minimum Gasteiger partial charge on any atom is -0.493 e. The molecule has 0 saturated carbocycles. The van der Waals surface area contributed by atoms with E-state index in [0.29, 0.717) is 48.3 Å². The SMILES string of the molecule is CCCCOc1ccc(CNC(=O)c2ccc(OC)c(OCC)c2)cc1OC. The smallest absolute Gasteiger partial charge is 0.251 e. The monoisotopic (exact) mass is 387 g/mol. The largest absolute Gasteiger partial charge is 0.493 e. The van der Waals surface area contributed by atoms with Crippen LogP contribution in [0.2, 0.25) is 0 Å². The van der Waals surface area contributed by atoms with Gasteiger partial charge in [0.1, 0.15) is 0 Å². The van der Waals surface area contributed by atoms with Crippen molar-refractivity contribution in [1.29, 1.82) is 0 Å². The summed E-state index contributed by atoms with van der Waals surface area (Å²) in [6.45, 7) is 5.53. The van der Waals surface area contributed by atoms with Crippen molar-refractivity contribution in [3.63, 3.8) is 0 Å². The molecule has 28 heavy (non-hydrogen) atoms. The van der Waals surface area contributed by atoms with Crippen LogP contribution in [0.3, 0.4) is 0 Å². The van der Waals surface area contributed by atoms with Crippen molar-refractivity contribution in [1.82, 2.24) is 5.32 Å². The van der Waals surface area contributed by atoms with E-state index in [1.807, 2.05) is 25.1 Å². The summed E-state index contributed by atoms with van der Waals surface area (Å²) in [6.07, 6.45) is 2.06. The molecule has 0 aromatic heterocycles. The lowest BCUT2D eigenvalue weighted by Gasteiger charge is -2.13. The third kappa shape index (κ3) is 5.81. The van der Waals surface area contributed by atoms with Crippen LogP contribution >= 0.6 is 0 Å². The predicted molar refractivity (Wildman–Crippen MR) is 109 cm³/mol. The molecular formula is C22H29NO5. The summed E-state index contributed by atoms with van der Waals surface area (Å²) in [5.74, 6) is 2.33. The van der Waals surface area contributed by atoms with E-state index in [2.05, 4.69) is 12.2 Å². The number of methoxy groups -OCH3 is 2. The fraction of sp³-hybridized carbons (Fsp3) is 0.409. The Morgan fingerprint density at radius 1 is 0.893 bits per heavy atom. The van der Waals surface area contributed by atoms with Gasteiger partial charge in [-0.1, -0.05) is 19.4 Å². The molecule has 0 bridgehead atoms. The van der Waals surface area contributed by atoms with E-state index in [4.69, 9.17) is 18.9 Å². The van der Waals surface area contributed by atoms with E-state index in [0.717, 1.165) is 18.4 Å². The summed E-state index contributed by atoms with van der Waals surface area (Å²) in [5, 5.41) is 2.91. The first-order chi connectivity index (χ1) is 13.6. The Morgan fingerprint density at radius 3 is 2.32 bits per heavy atom. The lowest BCUT2D eigenvalue weighted by atomic mass is 10.1. The molecule has 6 heteroatoms. The normalized spacial score (nSPS) is 10.3. The molecule has 2 aromatic rings. The second-order valence-electron chi connectivity index (χ2n) is 6.17. The molecule has 0 atom stereocenters. The number of benzene rings is 2. The molecule has 0 radical (unpaired) electrons. The van der Waals surface area contributed by atoms with E-state index in [-0.39, 0.29) is 5.91 Å². The summed E-state index contributed by atoms with van der Waals surface area (Å²) in [7, 11) is 3.18. The summed E-state index contributed by atoms with van der Waals surface area (Å²) >= 11 is 0. The van der Waals surface area contributed by atoms with Gasteiger partial charge in [-0.15, -0.1) is 0 Å². The Balaban J connectivity index is 2.03. The summed E-state index contributed by atoms with van der Waals surface area (Å²) < 4.78 is 21.9. The first-order valence-corrected chi connectivity index (χ1v) is 9.51. The Bertz CT molecular complexity index is 776. The van der Waals surface area contributed by atoms with Crippen LogP contribution in [-0.2, 0) is 6.54 Å². The average Bonchev–Trinajstić information content (AvgIpc) is 2.72. The number of hydrogen-bond donors (Lipinski definition) is 1. The fourth-order valence-electron chi connectivity index (χ4n) is 2.64. The van der Waals surface area contributed by atoms with Gasteiger partial charge in [0.15, 0.2) is 23.0 Å². The molecule has 0 aliphatic carbocycles. The molecule has 6 nitrogen and oxygen atoms in total. The lowest BCUT2D eigenvalue weighted by Crippen LogP contribution is -2.22. The van der Waals surface area contributed by atoms with Gasteiger partial charge in [0, 0.05) is 12.1 Å². The van der Waals surface area contributed by atoms with Crippen molar-refractivity contribution in [3.05, 3.63) is 47.5 Å². The standard InChI is InChI=1S/C22H29NO5/c1-5-7-12-28-19-10-8-16(13-20(19)26-4)15-23-22(24)17-9-11-18(25-3)21(14-17)27-6-2/h8-11,13-14H,5-7,12,15H2,1-4H3,(H,23,24). The Morgan fingerprint density at radius 2 is 1.64 bits per heavy atom. The number of nitrogens with one attached hydrogen (secondary N) is 1. The number of carbonyl (C=O) groups excluding carboxylic acids is 1. The van der Waals surface area contributed by atoms with Gasteiger partial charge in [-0.3, -0.25) is 4.79 Å². The zero-order valence-electron chi connectivity index (χ0n) is 17.0. The first-order valence-electron chi connectivity index (χ1n) is 9.51. The van der Waals surface area contributed by atoms with Crippen LogP contribution in [0.15, 0.2) is 36.4 Å². The van der Waals surface area contributed by atoms with E-state index in [1.54, 1.807) is 32.4 Å². The summed E-state index contributed by atoms with van der Waals surface area (Å²) in [5.41, 5.74) is 1.43. The van der Waals surface area contributed by atoms with Crippen molar-refractivity contribution in [2.75, 3.05) is 27.4 Å². The number of carbonyl (C=O) groups is 1. The molecule has 1 amide bonds. The highest BCUT2D eigenvalue weighted by Crippen LogP contribution is 2.29. The first kappa shape index (κ1) is 21.4. The minimum atomic E-state index is -0.189. The molecular weight excluding hydrogens is 358 g/mol. The highest BCUT2D eigenvalue weighted by molar-refractivity contribution is 5.94. The third-order valence-electron chi connectivity index (χ3n) is 4.16. The highest BCUT2D eigenvalue weighted by atomic mass is 16.5. The minimum absolute atomic E-state index is 0.189. The molecule has 0 heterocycles. The maximum Gasteiger partial charge on any atom is 0.251 e. The van der Waals surface area contributed by atoms with Crippen LogP contribution in [0.25, 0.3) is 0 Å². The fourth-order valence-corrected chi connectivity index (χ4v) is 2.64. The van der Waals surface area contributed by atoms with Gasteiger partial charge in [-0.05, 0) is 49.2 Å². The van der Waals surface area contributed by atoms with Crippen molar-refractivity contribution < 1.29 is 23.7 Å². The lowest BCUT2D eigenvalue weighted by molar-refractivity contribution is 0.0950. The van der Waals surface area contributed by atoms with Crippen molar-refractivity contribution in [2.45, 2.75) is 33.2 Å². The van der Waals surface area contributed by atoms with Gasteiger partial charge < -0.3 is 24.3 Å². The highest BCUT2D eigenvalue weighted by Gasteiger charge is 2.12. The van der Waals surface area contributed by atoms with E-state index < -0.39 is 0 Å². The predicted octanol–water partition coefficient (Wildman–Crippen LogP) is 4.21. The number of ether oxygens (including phenoxy) is 4. The molecule has 0 fully saturated rings. The van der Waals surface area contributed by atoms with Crippen molar-refractivity contribution in [2.24, 2.45) is 0 Å². The van der Waals surface area contributed by atoms with Crippen LogP contribution in [0.1, 0.15) is 42.6 Å². The zero-order valence-corrected chi connectivity index (χ0v) is 17.0. The van der Waals surface area contributed by atoms with Crippen LogP contribution < -0.4 is 24.3 Å². The molecule has 0 aliphatic heterocycles. The van der Waals surface area contributed by atoms with Gasteiger partial charge in [0.2, 0.25) is 0 Å². The molecule has 0 saturated heterocycles. The third-order valence-corrected chi connectivity index (χ3v) is 4.16. The van der Waals surface area contributed by atoms with E-state index >= 15 is 0 Å². The Labute approximate surface area is 166 Å². The number of hydrogen-bond acceptors (Lipinski definition) is 5. The molecule has 1 N–H and O–H groups in total. The average molecular weight is 387 g/mol. The van der Waals surface area contributed by atoms with Gasteiger partial charge in [-0.2, -0.15) is 0 Å². The number of amides is 1. The van der Waals surface area contributed by atoms with Gasteiger partial charge >= 0.3 is 0 Å². The van der Waals surface area contributed by atoms with Gasteiger partial charge in [0.05, 0.1) is 27.4 Å². The Hall–Kier alpha value is -2.89. The molecule has 0 spiro atoms. The summed E-state index contributed by atoms with van der Waals surface area (Å²) in [6, 6.07) is 10.8. The summed E-state index contributed by atoms with van der Waals surface area (Å²) in [4.78, 5) is 12.5. The maximum absolute atomic E-state index is 12.5. The van der Waals surface area contributed by atoms with E-state index in [1.165, 1.54) is 0 Å². The molecule has 2 aromatic carbocycles. The molecule has 0 unspecified atom stereocenters. The maximum atomic E-state index is 12.5. The van der Waals surface area contributed by atoms with Gasteiger partial charge in [0.25, 0.3) is 5.91 Å². The second kappa shape index (κ2) is 11.1. The van der Waals surface area contributed by atoms with Crippen LogP contribution in [0.4, 0.5) is 0 Å². The van der Waals surface area contributed by atoms with E-state index in [9.17, 15) is 4.79 Å². The van der Waals surface area contributed by atoms with Crippen molar-refractivity contribution in [3.8, 4) is 23.0 Å². The van der Waals surface area contributed by atoms with Crippen LogP contribution in [-0.4, -0.2) is 33.3 Å². The van der Waals surface area contributed by atoms with Crippen LogP contribution in [0, 0.1) is 0 Å². The quantitative estimate of drug-likeness (QED) is 0.585. The second-order valence-corrected chi connectivity index (χ2v) is 6.17. The number of unbranched alkanes of at least 4 members (excludes halogenated alkanes) is 1. The zero-order chi connectivity index (χ0) is 20.4.